The minimum atomic E-state index is -0.129. The lowest BCUT2D eigenvalue weighted by molar-refractivity contribution is 0.0901. The Morgan fingerprint density at radius 3 is 2.17 bits per heavy atom. The van der Waals surface area contributed by atoms with Gasteiger partial charge >= 0.3 is 0 Å². The normalized spacial score (nSPS) is 11.1. The van der Waals surface area contributed by atoms with E-state index in [0.29, 0.717) is 12.2 Å². The van der Waals surface area contributed by atoms with Crippen molar-refractivity contribution in [3.05, 3.63) is 29.8 Å². The van der Waals surface area contributed by atoms with Crippen molar-refractivity contribution < 1.29 is 9.53 Å². The van der Waals surface area contributed by atoms with E-state index in [1.807, 2.05) is 19.1 Å². The van der Waals surface area contributed by atoms with Gasteiger partial charge in [0.15, 0.2) is 0 Å². The van der Waals surface area contributed by atoms with Crippen LogP contribution in [0.2, 0.25) is 0 Å². The van der Waals surface area contributed by atoms with Crippen LogP contribution in [0.1, 0.15) is 50.9 Å². The van der Waals surface area contributed by atoms with E-state index in [1.165, 1.54) is 0 Å². The lowest BCUT2D eigenvalue weighted by Crippen LogP contribution is -2.44. The number of ether oxygens (including phenoxy) is 1. The van der Waals surface area contributed by atoms with Gasteiger partial charge in [0.2, 0.25) is 0 Å². The molecule has 0 aliphatic heterocycles. The highest BCUT2D eigenvalue weighted by atomic mass is 16.5. The second-order valence-corrected chi connectivity index (χ2v) is 4.68. The number of rotatable bonds is 6. The predicted molar refractivity (Wildman–Crippen MR) is 74.1 cm³/mol. The lowest BCUT2D eigenvalue weighted by atomic mass is 9.95. The molecule has 3 heteroatoms. The van der Waals surface area contributed by atoms with Crippen molar-refractivity contribution in [3.8, 4) is 5.75 Å². The third-order valence-corrected chi connectivity index (χ3v) is 3.40. The molecule has 0 aliphatic rings. The van der Waals surface area contributed by atoms with E-state index >= 15 is 0 Å². The molecule has 0 bridgehead atoms. The van der Waals surface area contributed by atoms with Crippen molar-refractivity contribution in [2.75, 3.05) is 6.61 Å². The summed E-state index contributed by atoms with van der Waals surface area (Å²) in [5, 5.41) is 3.08. The summed E-state index contributed by atoms with van der Waals surface area (Å²) in [6.07, 6.45) is 1.85. The van der Waals surface area contributed by atoms with Crippen LogP contribution in [0.4, 0.5) is 0 Å². The Hall–Kier alpha value is -1.51. The molecular formula is C15H23NO2. The third kappa shape index (κ3) is 3.76. The van der Waals surface area contributed by atoms with E-state index in [9.17, 15) is 4.79 Å². The molecule has 3 nitrogen and oxygen atoms in total. The molecule has 0 unspecified atom stereocenters. The first kappa shape index (κ1) is 14.6. The Labute approximate surface area is 110 Å². The number of nitrogens with one attached hydrogen (secondary N) is 1. The summed E-state index contributed by atoms with van der Waals surface area (Å²) in [7, 11) is 0. The topological polar surface area (TPSA) is 38.3 Å². The SMILES string of the molecule is CCOc1ccc(C(=O)NC(C)(CC)CC)cc1. The molecule has 1 aromatic carbocycles. The van der Waals surface area contributed by atoms with E-state index in [0.717, 1.165) is 18.6 Å². The molecule has 0 atom stereocenters. The van der Waals surface area contributed by atoms with Gasteiger partial charge in [0.25, 0.3) is 5.91 Å². The van der Waals surface area contributed by atoms with Crippen LogP contribution in [0.15, 0.2) is 24.3 Å². The molecule has 1 N–H and O–H groups in total. The number of amides is 1. The maximum atomic E-state index is 12.1. The highest BCUT2D eigenvalue weighted by Crippen LogP contribution is 2.16. The zero-order valence-corrected chi connectivity index (χ0v) is 11.7. The van der Waals surface area contributed by atoms with Gasteiger partial charge in [-0.15, -0.1) is 0 Å². The van der Waals surface area contributed by atoms with Crippen LogP contribution in [0.3, 0.4) is 0 Å². The number of carbonyl (C=O) groups is 1. The second-order valence-electron chi connectivity index (χ2n) is 4.68. The Morgan fingerprint density at radius 2 is 1.72 bits per heavy atom. The monoisotopic (exact) mass is 249 g/mol. The van der Waals surface area contributed by atoms with Crippen molar-refractivity contribution >= 4 is 5.91 Å². The molecule has 0 saturated carbocycles. The number of hydrogen-bond donors (Lipinski definition) is 1. The largest absolute Gasteiger partial charge is 0.494 e. The summed E-state index contributed by atoms with van der Waals surface area (Å²) < 4.78 is 5.35. The minimum Gasteiger partial charge on any atom is -0.494 e. The van der Waals surface area contributed by atoms with Gasteiger partial charge < -0.3 is 10.1 Å². The minimum absolute atomic E-state index is 0.0238. The Bertz CT molecular complexity index is 380. The lowest BCUT2D eigenvalue weighted by Gasteiger charge is -2.28. The van der Waals surface area contributed by atoms with E-state index in [-0.39, 0.29) is 11.4 Å². The van der Waals surface area contributed by atoms with Gasteiger partial charge in [-0.05, 0) is 51.0 Å². The Kier molecular flexibility index (Phi) is 5.20. The maximum Gasteiger partial charge on any atom is 0.251 e. The average molecular weight is 249 g/mol. The first-order chi connectivity index (χ1) is 8.54. The third-order valence-electron chi connectivity index (χ3n) is 3.40. The number of hydrogen-bond acceptors (Lipinski definition) is 2. The summed E-state index contributed by atoms with van der Waals surface area (Å²) in [5.74, 6) is 0.770. The molecule has 1 aromatic rings. The standard InChI is InChI=1S/C15H23NO2/c1-5-15(4,6-2)16-14(17)12-8-10-13(11-9-12)18-7-3/h8-11H,5-7H2,1-4H3,(H,16,17). The molecule has 0 fully saturated rings. The molecule has 1 rings (SSSR count). The van der Waals surface area contributed by atoms with Gasteiger partial charge in [-0.1, -0.05) is 13.8 Å². The van der Waals surface area contributed by atoms with Crippen LogP contribution in [0.5, 0.6) is 5.75 Å². The number of carbonyl (C=O) groups excluding carboxylic acids is 1. The van der Waals surface area contributed by atoms with Crippen molar-refractivity contribution in [1.82, 2.24) is 5.32 Å². The smallest absolute Gasteiger partial charge is 0.251 e. The molecule has 0 aliphatic carbocycles. The maximum absolute atomic E-state index is 12.1. The van der Waals surface area contributed by atoms with Crippen LogP contribution in [0, 0.1) is 0 Å². The van der Waals surface area contributed by atoms with Crippen molar-refractivity contribution in [1.29, 1.82) is 0 Å². The van der Waals surface area contributed by atoms with E-state index in [4.69, 9.17) is 4.74 Å². The van der Waals surface area contributed by atoms with Gasteiger partial charge in [-0.25, -0.2) is 0 Å². The molecule has 0 heterocycles. The zero-order valence-electron chi connectivity index (χ0n) is 11.7. The Balaban J connectivity index is 2.72. The zero-order chi connectivity index (χ0) is 13.6. The first-order valence-electron chi connectivity index (χ1n) is 6.60. The van der Waals surface area contributed by atoms with E-state index < -0.39 is 0 Å². The van der Waals surface area contributed by atoms with Gasteiger partial charge in [-0.3, -0.25) is 4.79 Å². The molecule has 100 valence electrons. The molecule has 0 saturated heterocycles. The van der Waals surface area contributed by atoms with Gasteiger partial charge in [-0.2, -0.15) is 0 Å². The quantitative estimate of drug-likeness (QED) is 0.839. The van der Waals surface area contributed by atoms with Crippen LogP contribution < -0.4 is 10.1 Å². The van der Waals surface area contributed by atoms with E-state index in [2.05, 4.69) is 26.1 Å². The summed E-state index contributed by atoms with van der Waals surface area (Å²) in [5.41, 5.74) is 0.543. The molecule has 0 spiro atoms. The summed E-state index contributed by atoms with van der Waals surface area (Å²) in [4.78, 5) is 12.1. The highest BCUT2D eigenvalue weighted by molar-refractivity contribution is 5.94. The fraction of sp³-hybridized carbons (Fsp3) is 0.533. The predicted octanol–water partition coefficient (Wildman–Crippen LogP) is 3.39. The van der Waals surface area contributed by atoms with Crippen molar-refractivity contribution in [2.45, 2.75) is 46.1 Å². The summed E-state index contributed by atoms with van der Waals surface area (Å²) in [6, 6.07) is 7.25. The summed E-state index contributed by atoms with van der Waals surface area (Å²) >= 11 is 0. The molecule has 0 radical (unpaired) electrons. The second kappa shape index (κ2) is 6.43. The van der Waals surface area contributed by atoms with Gasteiger partial charge in [0.1, 0.15) is 5.75 Å². The average Bonchev–Trinajstić information content (AvgIpc) is 2.39. The summed E-state index contributed by atoms with van der Waals surface area (Å²) in [6.45, 7) is 8.81. The number of benzene rings is 1. The first-order valence-corrected chi connectivity index (χ1v) is 6.60. The van der Waals surface area contributed by atoms with Crippen LogP contribution in [0.25, 0.3) is 0 Å². The molecule has 18 heavy (non-hydrogen) atoms. The molecule has 0 aromatic heterocycles. The van der Waals surface area contributed by atoms with Crippen molar-refractivity contribution in [2.24, 2.45) is 0 Å². The molecular weight excluding hydrogens is 226 g/mol. The van der Waals surface area contributed by atoms with Crippen LogP contribution >= 0.6 is 0 Å². The fourth-order valence-electron chi connectivity index (χ4n) is 1.64. The Morgan fingerprint density at radius 1 is 1.17 bits per heavy atom. The van der Waals surface area contributed by atoms with Gasteiger partial charge in [0, 0.05) is 11.1 Å². The van der Waals surface area contributed by atoms with Crippen LogP contribution in [-0.2, 0) is 0 Å². The fourth-order valence-corrected chi connectivity index (χ4v) is 1.64. The highest BCUT2D eigenvalue weighted by Gasteiger charge is 2.22. The van der Waals surface area contributed by atoms with Gasteiger partial charge in [0.05, 0.1) is 6.61 Å². The van der Waals surface area contributed by atoms with Crippen LogP contribution in [-0.4, -0.2) is 18.1 Å². The van der Waals surface area contributed by atoms with E-state index in [1.54, 1.807) is 12.1 Å². The van der Waals surface area contributed by atoms with Crippen molar-refractivity contribution in [3.63, 3.8) is 0 Å². The molecule has 1 amide bonds.